The maximum atomic E-state index is 13.1. The number of nitrogens with zero attached hydrogens (tertiary/aromatic N) is 3. The molecule has 2 aromatic heterocycles. The highest BCUT2D eigenvalue weighted by molar-refractivity contribution is 7.89. The smallest absolute Gasteiger partial charge is 0.262 e. The van der Waals surface area contributed by atoms with Crippen LogP contribution in [0.4, 0.5) is 5.69 Å². The van der Waals surface area contributed by atoms with Crippen molar-refractivity contribution in [2.24, 2.45) is 0 Å². The average Bonchev–Trinajstić information content (AvgIpc) is 3.13. The van der Waals surface area contributed by atoms with Crippen LogP contribution in [0, 0.1) is 6.92 Å². The zero-order chi connectivity index (χ0) is 23.8. The first kappa shape index (κ1) is 22.8. The molecule has 8 nitrogen and oxygen atoms in total. The van der Waals surface area contributed by atoms with Crippen molar-refractivity contribution >= 4 is 43.2 Å². The highest BCUT2D eigenvalue weighted by Gasteiger charge is 2.18. The van der Waals surface area contributed by atoms with E-state index in [4.69, 9.17) is 0 Å². The molecule has 2 heterocycles. The van der Waals surface area contributed by atoms with Crippen LogP contribution in [0.15, 0.2) is 70.6 Å². The lowest BCUT2D eigenvalue weighted by Gasteiger charge is -2.12. The predicted molar refractivity (Wildman–Crippen MR) is 130 cm³/mol. The monoisotopic (exact) mass is 482 g/mol. The second kappa shape index (κ2) is 8.89. The van der Waals surface area contributed by atoms with Crippen molar-refractivity contribution in [3.8, 4) is 10.4 Å². The Balaban J connectivity index is 1.56. The fraction of sp³-hybridized carbons (Fsp3) is 0.174. The number of nitrogens with one attached hydrogen (secondary N) is 1. The van der Waals surface area contributed by atoms with Crippen LogP contribution < -0.4 is 10.9 Å². The van der Waals surface area contributed by atoms with E-state index >= 15 is 0 Å². The van der Waals surface area contributed by atoms with Crippen molar-refractivity contribution in [2.75, 3.05) is 19.4 Å². The lowest BCUT2D eigenvalue weighted by Crippen LogP contribution is -2.28. The zero-order valence-electron chi connectivity index (χ0n) is 18.3. The van der Waals surface area contributed by atoms with Crippen LogP contribution in [0.3, 0.4) is 0 Å². The molecule has 170 valence electrons. The van der Waals surface area contributed by atoms with Gasteiger partial charge >= 0.3 is 0 Å². The van der Waals surface area contributed by atoms with E-state index in [0.717, 1.165) is 20.3 Å². The van der Waals surface area contributed by atoms with Crippen molar-refractivity contribution in [2.45, 2.75) is 18.4 Å². The number of aromatic nitrogens is 2. The number of benzene rings is 2. The van der Waals surface area contributed by atoms with E-state index in [2.05, 4.69) is 10.3 Å². The molecule has 0 saturated carbocycles. The van der Waals surface area contributed by atoms with Gasteiger partial charge in [0.2, 0.25) is 15.9 Å². The first-order valence-corrected chi connectivity index (χ1v) is 12.3. The van der Waals surface area contributed by atoms with Gasteiger partial charge in [-0.3, -0.25) is 14.2 Å². The van der Waals surface area contributed by atoms with Gasteiger partial charge in [-0.05, 0) is 42.3 Å². The summed E-state index contributed by atoms with van der Waals surface area (Å²) in [7, 11) is -0.651. The number of hydrogen-bond donors (Lipinski definition) is 1. The minimum Gasteiger partial charge on any atom is -0.325 e. The first-order valence-electron chi connectivity index (χ1n) is 10.0. The summed E-state index contributed by atoms with van der Waals surface area (Å²) in [5.74, 6) is -0.419. The molecule has 0 saturated heterocycles. The first-order chi connectivity index (χ1) is 15.7. The Morgan fingerprint density at radius 3 is 2.39 bits per heavy atom. The van der Waals surface area contributed by atoms with Gasteiger partial charge < -0.3 is 5.32 Å². The van der Waals surface area contributed by atoms with Gasteiger partial charge in [0.15, 0.2) is 0 Å². The van der Waals surface area contributed by atoms with E-state index in [9.17, 15) is 18.0 Å². The van der Waals surface area contributed by atoms with Crippen LogP contribution in [-0.4, -0.2) is 42.3 Å². The van der Waals surface area contributed by atoms with E-state index in [1.54, 1.807) is 0 Å². The number of carbonyl (C=O) groups is 1. The lowest BCUT2D eigenvalue weighted by molar-refractivity contribution is -0.116. The second-order valence-corrected chi connectivity index (χ2v) is 10.8. The molecule has 4 rings (SSSR count). The predicted octanol–water partition coefficient (Wildman–Crippen LogP) is 3.32. The van der Waals surface area contributed by atoms with Gasteiger partial charge in [0, 0.05) is 24.7 Å². The molecule has 10 heteroatoms. The molecule has 2 aromatic carbocycles. The van der Waals surface area contributed by atoms with Crippen molar-refractivity contribution < 1.29 is 13.2 Å². The number of fused-ring (bicyclic) bond motifs is 1. The molecule has 1 amide bonds. The lowest BCUT2D eigenvalue weighted by atomic mass is 10.1. The average molecular weight is 483 g/mol. The Labute approximate surface area is 195 Å². The summed E-state index contributed by atoms with van der Waals surface area (Å²) in [6.07, 6.45) is 1.38. The molecule has 0 unspecified atom stereocenters. The van der Waals surface area contributed by atoms with E-state index in [1.165, 1.54) is 60.6 Å². The Morgan fingerprint density at radius 1 is 1.09 bits per heavy atom. The summed E-state index contributed by atoms with van der Waals surface area (Å²) in [5.41, 5.74) is 2.00. The van der Waals surface area contributed by atoms with Crippen LogP contribution in [0.1, 0.15) is 5.56 Å². The summed E-state index contributed by atoms with van der Waals surface area (Å²) in [5, 5.41) is 3.19. The number of aryl methyl sites for hydroxylation is 1. The SMILES string of the molecule is Cc1c(-c2ccccc2)sc2ncn(CC(=O)Nc3ccc(S(=O)(=O)N(C)C)cc3)c(=O)c12. The van der Waals surface area contributed by atoms with E-state index < -0.39 is 15.9 Å². The van der Waals surface area contributed by atoms with Crippen molar-refractivity contribution in [3.63, 3.8) is 0 Å². The number of rotatable bonds is 6. The number of thiophene rings is 1. The van der Waals surface area contributed by atoms with Crippen molar-refractivity contribution in [1.82, 2.24) is 13.9 Å². The van der Waals surface area contributed by atoms with Crippen LogP contribution in [-0.2, 0) is 21.4 Å². The molecule has 0 radical (unpaired) electrons. The third kappa shape index (κ3) is 4.45. The molecule has 0 fully saturated rings. The van der Waals surface area contributed by atoms with Gasteiger partial charge in [0.05, 0.1) is 16.6 Å². The molecule has 1 N–H and O–H groups in total. The van der Waals surface area contributed by atoms with Gasteiger partial charge in [-0.2, -0.15) is 0 Å². The van der Waals surface area contributed by atoms with Crippen LogP contribution >= 0.6 is 11.3 Å². The third-order valence-electron chi connectivity index (χ3n) is 5.18. The summed E-state index contributed by atoms with van der Waals surface area (Å²) in [6, 6.07) is 15.6. The number of amides is 1. The van der Waals surface area contributed by atoms with Crippen molar-refractivity contribution in [3.05, 3.63) is 76.8 Å². The Hall–Kier alpha value is -3.34. The van der Waals surface area contributed by atoms with Gasteiger partial charge in [-0.25, -0.2) is 17.7 Å². The molecule has 4 aromatic rings. The summed E-state index contributed by atoms with van der Waals surface area (Å²) >= 11 is 1.45. The molecule has 0 aliphatic heterocycles. The third-order valence-corrected chi connectivity index (χ3v) is 8.26. The Bertz CT molecular complexity index is 1490. The molecule has 33 heavy (non-hydrogen) atoms. The molecular weight excluding hydrogens is 460 g/mol. The fourth-order valence-electron chi connectivity index (χ4n) is 3.41. The molecule has 0 aliphatic rings. The highest BCUT2D eigenvalue weighted by Crippen LogP contribution is 2.35. The van der Waals surface area contributed by atoms with Crippen molar-refractivity contribution in [1.29, 1.82) is 0 Å². The molecule has 0 bridgehead atoms. The molecule has 0 spiro atoms. The maximum Gasteiger partial charge on any atom is 0.262 e. The van der Waals surface area contributed by atoms with E-state index in [-0.39, 0.29) is 17.0 Å². The molecule has 0 atom stereocenters. The molecule has 0 aliphatic carbocycles. The zero-order valence-corrected chi connectivity index (χ0v) is 19.9. The summed E-state index contributed by atoms with van der Waals surface area (Å²) in [6.45, 7) is 1.67. The Kier molecular flexibility index (Phi) is 6.15. The van der Waals surface area contributed by atoms with Gasteiger partial charge in [-0.1, -0.05) is 30.3 Å². The van der Waals surface area contributed by atoms with E-state index in [1.807, 2.05) is 37.3 Å². The standard InChI is InChI=1S/C23H22N4O4S2/c1-15-20-22(32-21(15)16-7-5-4-6-8-16)24-14-27(23(20)29)13-19(28)25-17-9-11-18(12-10-17)33(30,31)26(2)3/h4-12,14H,13H2,1-3H3,(H,25,28). The van der Waals surface area contributed by atoms with Crippen LogP contribution in [0.2, 0.25) is 0 Å². The number of anilines is 1. The van der Waals surface area contributed by atoms with E-state index in [0.29, 0.717) is 15.9 Å². The fourth-order valence-corrected chi connectivity index (χ4v) is 5.46. The number of sulfonamides is 1. The second-order valence-electron chi connectivity index (χ2n) is 7.64. The minimum absolute atomic E-state index is 0.124. The topological polar surface area (TPSA) is 101 Å². The van der Waals surface area contributed by atoms with Gasteiger partial charge in [0.1, 0.15) is 11.4 Å². The highest BCUT2D eigenvalue weighted by atomic mass is 32.2. The van der Waals surface area contributed by atoms with Gasteiger partial charge in [0.25, 0.3) is 5.56 Å². The largest absolute Gasteiger partial charge is 0.325 e. The minimum atomic E-state index is -3.55. The number of hydrogen-bond acceptors (Lipinski definition) is 6. The van der Waals surface area contributed by atoms with Crippen LogP contribution in [0.5, 0.6) is 0 Å². The summed E-state index contributed by atoms with van der Waals surface area (Å²) < 4.78 is 26.7. The molecular formula is C23H22N4O4S2. The maximum absolute atomic E-state index is 13.1. The quantitative estimate of drug-likeness (QED) is 0.454. The Morgan fingerprint density at radius 2 is 1.76 bits per heavy atom. The van der Waals surface area contributed by atoms with Gasteiger partial charge in [-0.15, -0.1) is 11.3 Å². The normalized spacial score (nSPS) is 11.8. The number of carbonyl (C=O) groups excluding carboxylic acids is 1. The summed E-state index contributed by atoms with van der Waals surface area (Å²) in [4.78, 5) is 31.8. The van der Waals surface area contributed by atoms with Crippen LogP contribution in [0.25, 0.3) is 20.7 Å².